The molecule has 1 amide bonds. The van der Waals surface area contributed by atoms with Crippen LogP contribution in [-0.2, 0) is 4.79 Å². The number of carbonyl (C=O) groups excluding carboxylic acids is 1. The average Bonchev–Trinajstić information content (AvgIpc) is 2.89. The van der Waals surface area contributed by atoms with E-state index in [9.17, 15) is 9.59 Å². The van der Waals surface area contributed by atoms with Crippen molar-refractivity contribution in [3.63, 3.8) is 0 Å². The number of benzene rings is 2. The zero-order chi connectivity index (χ0) is 18.0. The van der Waals surface area contributed by atoms with E-state index in [1.807, 2.05) is 12.1 Å². The highest BCUT2D eigenvalue weighted by Gasteiger charge is 2.34. The molecule has 0 bridgehead atoms. The number of hydrogen-bond acceptors (Lipinski definition) is 5. The summed E-state index contributed by atoms with van der Waals surface area (Å²) in [4.78, 5) is 25.6. The molecule has 5 nitrogen and oxygen atoms in total. The average molecular weight is 371 g/mol. The highest BCUT2D eigenvalue weighted by atomic mass is 32.2. The number of carboxylic acids is 1. The molecule has 1 saturated heterocycles. The Labute approximate surface area is 153 Å². The Morgan fingerprint density at radius 2 is 1.88 bits per heavy atom. The monoisotopic (exact) mass is 371 g/mol. The zero-order valence-electron chi connectivity index (χ0n) is 13.1. The van der Waals surface area contributed by atoms with Gasteiger partial charge in [0.1, 0.15) is 5.75 Å². The molecule has 1 fully saturated rings. The summed E-state index contributed by atoms with van der Waals surface area (Å²) in [6, 6.07) is 13.5. The third kappa shape index (κ3) is 3.42. The van der Waals surface area contributed by atoms with E-state index in [4.69, 9.17) is 22.1 Å². The largest absolute Gasteiger partial charge is 0.495 e. The number of rotatable bonds is 4. The van der Waals surface area contributed by atoms with Crippen LogP contribution in [0.2, 0.25) is 0 Å². The van der Waals surface area contributed by atoms with Crippen molar-refractivity contribution in [2.45, 2.75) is 0 Å². The molecule has 2 aromatic carbocycles. The summed E-state index contributed by atoms with van der Waals surface area (Å²) in [5.74, 6) is -0.665. The predicted octanol–water partition coefficient (Wildman–Crippen LogP) is 3.80. The number of anilines is 1. The van der Waals surface area contributed by atoms with Crippen molar-refractivity contribution in [1.29, 1.82) is 0 Å². The molecule has 1 aliphatic rings. The van der Waals surface area contributed by atoms with Crippen LogP contribution in [0, 0.1) is 0 Å². The Hall–Kier alpha value is -2.64. The van der Waals surface area contributed by atoms with Gasteiger partial charge in [-0.3, -0.25) is 9.69 Å². The first-order valence-electron chi connectivity index (χ1n) is 7.25. The third-order valence-corrected chi connectivity index (χ3v) is 4.88. The summed E-state index contributed by atoms with van der Waals surface area (Å²) in [6.45, 7) is 0. The van der Waals surface area contributed by atoms with Crippen LogP contribution in [0.15, 0.2) is 53.4 Å². The molecular weight excluding hydrogens is 358 g/mol. The van der Waals surface area contributed by atoms with Crippen LogP contribution in [-0.4, -0.2) is 28.4 Å². The lowest BCUT2D eigenvalue weighted by molar-refractivity contribution is -0.113. The molecule has 0 atom stereocenters. The molecule has 3 rings (SSSR count). The lowest BCUT2D eigenvalue weighted by atomic mass is 10.1. The molecule has 126 valence electrons. The van der Waals surface area contributed by atoms with Gasteiger partial charge in [0, 0.05) is 0 Å². The highest BCUT2D eigenvalue weighted by molar-refractivity contribution is 8.27. The molecule has 0 aliphatic carbocycles. The van der Waals surface area contributed by atoms with Crippen LogP contribution < -0.4 is 9.64 Å². The van der Waals surface area contributed by atoms with Crippen molar-refractivity contribution in [2.75, 3.05) is 12.0 Å². The maximum absolute atomic E-state index is 12.8. The van der Waals surface area contributed by atoms with Gasteiger partial charge in [-0.1, -0.05) is 48.2 Å². The van der Waals surface area contributed by atoms with Gasteiger partial charge >= 0.3 is 5.97 Å². The number of hydrogen-bond donors (Lipinski definition) is 1. The number of nitrogens with zero attached hydrogens (tertiary/aromatic N) is 1. The number of amides is 1. The van der Waals surface area contributed by atoms with E-state index in [1.165, 1.54) is 35.9 Å². The van der Waals surface area contributed by atoms with Gasteiger partial charge in [-0.05, 0) is 35.9 Å². The van der Waals surface area contributed by atoms with E-state index in [0.717, 1.165) is 5.56 Å². The number of aromatic carboxylic acids is 1. The number of para-hydroxylation sites is 2. The first kappa shape index (κ1) is 17.2. The van der Waals surface area contributed by atoms with Crippen molar-refractivity contribution in [3.8, 4) is 5.75 Å². The van der Waals surface area contributed by atoms with E-state index in [-0.39, 0.29) is 11.5 Å². The van der Waals surface area contributed by atoms with Gasteiger partial charge in [-0.15, -0.1) is 0 Å². The number of carbonyl (C=O) groups is 2. The van der Waals surface area contributed by atoms with Gasteiger partial charge in [0.15, 0.2) is 4.32 Å². The smallest absolute Gasteiger partial charge is 0.335 e. The summed E-state index contributed by atoms with van der Waals surface area (Å²) < 4.78 is 5.73. The Bertz CT molecular complexity index is 890. The Kier molecular flexibility index (Phi) is 4.87. The number of methoxy groups -OCH3 is 1. The second kappa shape index (κ2) is 7.08. The first-order valence-corrected chi connectivity index (χ1v) is 8.48. The van der Waals surface area contributed by atoms with Crippen LogP contribution in [0.25, 0.3) is 6.08 Å². The van der Waals surface area contributed by atoms with Gasteiger partial charge in [-0.2, -0.15) is 0 Å². The molecule has 0 unspecified atom stereocenters. The van der Waals surface area contributed by atoms with E-state index < -0.39 is 5.97 Å². The molecule has 25 heavy (non-hydrogen) atoms. The molecular formula is C18H13NO4S2. The summed E-state index contributed by atoms with van der Waals surface area (Å²) in [6.07, 6.45) is 1.69. The highest BCUT2D eigenvalue weighted by Crippen LogP contribution is 2.39. The fourth-order valence-corrected chi connectivity index (χ4v) is 3.65. The van der Waals surface area contributed by atoms with Crippen molar-refractivity contribution in [3.05, 3.63) is 64.6 Å². The predicted molar refractivity (Wildman–Crippen MR) is 102 cm³/mol. The Morgan fingerprint density at radius 1 is 1.20 bits per heavy atom. The Balaban J connectivity index is 1.92. The van der Waals surface area contributed by atoms with E-state index >= 15 is 0 Å². The standard InChI is InChI=1S/C18H13NO4S2/c1-23-14-5-3-2-4-13(14)19-16(20)15(25-18(19)24)10-11-6-8-12(9-7-11)17(21)22/h2-10H,1H3,(H,21,22)/b15-10-. The molecule has 1 aliphatic heterocycles. The van der Waals surface area contributed by atoms with E-state index in [1.54, 1.807) is 30.3 Å². The fourth-order valence-electron chi connectivity index (χ4n) is 2.36. The molecule has 0 spiro atoms. The number of thioether (sulfide) groups is 1. The van der Waals surface area contributed by atoms with Gasteiger partial charge < -0.3 is 9.84 Å². The van der Waals surface area contributed by atoms with E-state index in [2.05, 4.69) is 0 Å². The summed E-state index contributed by atoms with van der Waals surface area (Å²) in [7, 11) is 1.54. The summed E-state index contributed by atoms with van der Waals surface area (Å²) >= 11 is 6.55. The van der Waals surface area contributed by atoms with Gasteiger partial charge in [0.2, 0.25) is 0 Å². The van der Waals surface area contributed by atoms with Crippen LogP contribution in [0.5, 0.6) is 5.75 Å². The van der Waals surface area contributed by atoms with Crippen LogP contribution in [0.3, 0.4) is 0 Å². The van der Waals surface area contributed by atoms with E-state index in [0.29, 0.717) is 20.7 Å². The molecule has 0 radical (unpaired) electrons. The maximum Gasteiger partial charge on any atom is 0.335 e. The molecule has 7 heteroatoms. The minimum absolute atomic E-state index is 0.193. The molecule has 1 heterocycles. The van der Waals surface area contributed by atoms with Gasteiger partial charge in [0.25, 0.3) is 5.91 Å². The summed E-state index contributed by atoms with van der Waals surface area (Å²) in [5.41, 5.74) is 1.52. The maximum atomic E-state index is 12.8. The zero-order valence-corrected chi connectivity index (χ0v) is 14.8. The van der Waals surface area contributed by atoms with Gasteiger partial charge in [0.05, 0.1) is 23.3 Å². The second-order valence-corrected chi connectivity index (χ2v) is 6.79. The minimum Gasteiger partial charge on any atom is -0.495 e. The lowest BCUT2D eigenvalue weighted by Crippen LogP contribution is -2.27. The topological polar surface area (TPSA) is 66.8 Å². The molecule has 0 saturated carbocycles. The Morgan fingerprint density at radius 3 is 2.52 bits per heavy atom. The minimum atomic E-state index is -0.992. The van der Waals surface area contributed by atoms with Crippen LogP contribution in [0.1, 0.15) is 15.9 Å². The molecule has 1 N–H and O–H groups in total. The molecule has 2 aromatic rings. The van der Waals surface area contributed by atoms with Crippen LogP contribution in [0.4, 0.5) is 5.69 Å². The SMILES string of the molecule is COc1ccccc1N1C(=O)/C(=C/c2ccc(C(=O)O)cc2)SC1=S. The van der Waals surface area contributed by atoms with Crippen molar-refractivity contribution in [2.24, 2.45) is 0 Å². The first-order chi connectivity index (χ1) is 12.0. The number of ether oxygens (including phenoxy) is 1. The van der Waals surface area contributed by atoms with Crippen molar-refractivity contribution >= 4 is 51.9 Å². The second-order valence-electron chi connectivity index (χ2n) is 5.12. The quantitative estimate of drug-likeness (QED) is 0.651. The van der Waals surface area contributed by atoms with Crippen molar-refractivity contribution < 1.29 is 19.4 Å². The molecule has 0 aromatic heterocycles. The number of thiocarbonyl (C=S) groups is 1. The lowest BCUT2D eigenvalue weighted by Gasteiger charge is -2.17. The summed E-state index contributed by atoms with van der Waals surface area (Å²) in [5, 5.41) is 8.94. The normalized spacial score (nSPS) is 15.7. The van der Waals surface area contributed by atoms with Gasteiger partial charge in [-0.25, -0.2) is 4.79 Å². The van der Waals surface area contributed by atoms with Crippen molar-refractivity contribution in [1.82, 2.24) is 0 Å². The third-order valence-electron chi connectivity index (χ3n) is 3.58. The van der Waals surface area contributed by atoms with Crippen LogP contribution >= 0.6 is 24.0 Å². The number of carboxylic acid groups (broad SMARTS) is 1. The fraction of sp³-hybridized carbons (Fsp3) is 0.0556.